The first kappa shape index (κ1) is 20.4. The summed E-state index contributed by atoms with van der Waals surface area (Å²) >= 11 is 0. The molecule has 0 saturated carbocycles. The molecule has 152 valence electrons. The number of para-hydroxylation sites is 1. The zero-order chi connectivity index (χ0) is 20.7. The minimum absolute atomic E-state index is 0.0641. The van der Waals surface area contributed by atoms with Crippen LogP contribution in [-0.2, 0) is 10.0 Å². The van der Waals surface area contributed by atoms with Crippen molar-refractivity contribution in [1.82, 2.24) is 9.97 Å². The Morgan fingerprint density at radius 1 is 0.897 bits per heavy atom. The number of aromatic nitrogens is 2. The van der Waals surface area contributed by atoms with Crippen molar-refractivity contribution in [2.75, 3.05) is 17.9 Å². The number of hydrogen-bond donors (Lipinski definition) is 1. The molecule has 3 rings (SSSR count). The fourth-order valence-electron chi connectivity index (χ4n) is 2.38. The molecule has 0 spiro atoms. The lowest BCUT2D eigenvalue weighted by Crippen LogP contribution is -2.15. The fraction of sp³-hybridized carbons (Fsp3) is 0.200. The van der Waals surface area contributed by atoms with Crippen LogP contribution in [0.2, 0.25) is 0 Å². The normalized spacial score (nSPS) is 11.0. The smallest absolute Gasteiger partial charge is 0.319 e. The van der Waals surface area contributed by atoms with Crippen LogP contribution in [0.3, 0.4) is 0 Å². The Kier molecular flexibility index (Phi) is 6.50. The maximum absolute atomic E-state index is 12.7. The van der Waals surface area contributed by atoms with Crippen molar-refractivity contribution in [1.29, 1.82) is 0 Å². The van der Waals surface area contributed by atoms with Crippen LogP contribution in [0.4, 0.5) is 5.69 Å². The quantitative estimate of drug-likeness (QED) is 0.566. The van der Waals surface area contributed by atoms with E-state index in [1.165, 1.54) is 18.3 Å². The van der Waals surface area contributed by atoms with Crippen LogP contribution in [0.25, 0.3) is 0 Å². The number of anilines is 1. The van der Waals surface area contributed by atoms with Gasteiger partial charge in [0.05, 0.1) is 24.3 Å². The number of sulfonamides is 1. The lowest BCUT2D eigenvalue weighted by atomic mass is 10.3. The van der Waals surface area contributed by atoms with Crippen molar-refractivity contribution in [3.05, 3.63) is 60.8 Å². The number of nitrogens with one attached hydrogen (secondary N) is 1. The van der Waals surface area contributed by atoms with Gasteiger partial charge in [-0.1, -0.05) is 18.2 Å². The molecule has 0 atom stereocenters. The summed E-state index contributed by atoms with van der Waals surface area (Å²) in [6.45, 7) is 4.26. The van der Waals surface area contributed by atoms with Gasteiger partial charge in [0.2, 0.25) is 5.88 Å². The summed E-state index contributed by atoms with van der Waals surface area (Å²) in [4.78, 5) is 8.14. The molecule has 1 heterocycles. The molecule has 29 heavy (non-hydrogen) atoms. The van der Waals surface area contributed by atoms with Crippen LogP contribution in [0.5, 0.6) is 23.4 Å². The molecule has 0 bridgehead atoms. The maximum Gasteiger partial charge on any atom is 0.319 e. The van der Waals surface area contributed by atoms with Gasteiger partial charge in [0, 0.05) is 0 Å². The molecule has 2 aromatic carbocycles. The molecule has 0 aliphatic heterocycles. The van der Waals surface area contributed by atoms with Crippen LogP contribution in [0.15, 0.2) is 65.7 Å². The minimum Gasteiger partial charge on any atom is -0.476 e. The van der Waals surface area contributed by atoms with Gasteiger partial charge in [-0.2, -0.15) is 4.98 Å². The van der Waals surface area contributed by atoms with Crippen LogP contribution < -0.4 is 18.9 Å². The molecule has 0 unspecified atom stereocenters. The van der Waals surface area contributed by atoms with E-state index in [-0.39, 0.29) is 22.5 Å². The van der Waals surface area contributed by atoms with Gasteiger partial charge in [-0.25, -0.2) is 13.4 Å². The highest BCUT2D eigenvalue weighted by molar-refractivity contribution is 7.92. The highest BCUT2D eigenvalue weighted by Crippen LogP contribution is 2.27. The Balaban J connectivity index is 1.78. The largest absolute Gasteiger partial charge is 0.476 e. The lowest BCUT2D eigenvalue weighted by molar-refractivity contribution is 0.290. The second-order valence-corrected chi connectivity index (χ2v) is 7.41. The van der Waals surface area contributed by atoms with Crippen molar-refractivity contribution in [3.63, 3.8) is 0 Å². The first-order valence-electron chi connectivity index (χ1n) is 9.00. The van der Waals surface area contributed by atoms with Crippen LogP contribution in [0.1, 0.15) is 13.8 Å². The third-order valence-electron chi connectivity index (χ3n) is 3.64. The molecule has 0 aliphatic carbocycles. The van der Waals surface area contributed by atoms with Crippen molar-refractivity contribution in [2.45, 2.75) is 18.7 Å². The van der Waals surface area contributed by atoms with E-state index in [1.807, 2.05) is 30.3 Å². The standard InChI is InChI=1S/C20H21N3O5S/c1-3-26-19-18(14-21-20(22-19)27-4-2)23-29(24,25)17-12-10-16(11-13-17)28-15-8-6-5-7-9-15/h5-14,23H,3-4H2,1-2H3. The van der Waals surface area contributed by atoms with Gasteiger partial charge in [0.15, 0.2) is 0 Å². The van der Waals surface area contributed by atoms with Gasteiger partial charge >= 0.3 is 6.01 Å². The summed E-state index contributed by atoms with van der Waals surface area (Å²) in [5.74, 6) is 1.28. The molecule has 0 amide bonds. The molecular weight excluding hydrogens is 394 g/mol. The summed E-state index contributed by atoms with van der Waals surface area (Å²) in [6.07, 6.45) is 1.31. The minimum atomic E-state index is -3.88. The number of hydrogen-bond acceptors (Lipinski definition) is 7. The lowest BCUT2D eigenvalue weighted by Gasteiger charge is -2.13. The van der Waals surface area contributed by atoms with E-state index < -0.39 is 10.0 Å². The first-order chi connectivity index (χ1) is 14.0. The van der Waals surface area contributed by atoms with Gasteiger partial charge in [-0.3, -0.25) is 4.72 Å². The van der Waals surface area contributed by atoms with Gasteiger partial charge in [-0.05, 0) is 50.2 Å². The molecule has 3 aromatic rings. The Labute approximate surface area is 169 Å². The van der Waals surface area contributed by atoms with E-state index in [0.717, 1.165) is 0 Å². The molecular formula is C20H21N3O5S. The van der Waals surface area contributed by atoms with E-state index in [4.69, 9.17) is 14.2 Å². The highest BCUT2D eigenvalue weighted by Gasteiger charge is 2.19. The SMILES string of the molecule is CCOc1ncc(NS(=O)(=O)c2ccc(Oc3ccccc3)cc2)c(OCC)n1. The predicted molar refractivity (Wildman–Crippen MR) is 108 cm³/mol. The Morgan fingerprint density at radius 3 is 2.21 bits per heavy atom. The van der Waals surface area contributed by atoms with Gasteiger partial charge in [0.1, 0.15) is 17.2 Å². The van der Waals surface area contributed by atoms with E-state index in [9.17, 15) is 8.42 Å². The summed E-state index contributed by atoms with van der Waals surface area (Å²) < 4.78 is 44.3. The molecule has 0 fully saturated rings. The average Bonchev–Trinajstić information content (AvgIpc) is 2.71. The molecule has 8 nitrogen and oxygen atoms in total. The van der Waals surface area contributed by atoms with Crippen LogP contribution in [0, 0.1) is 0 Å². The third kappa shape index (κ3) is 5.35. The summed E-state index contributed by atoms with van der Waals surface area (Å²) in [5, 5.41) is 0. The van der Waals surface area contributed by atoms with Crippen molar-refractivity contribution < 1.29 is 22.6 Å². The van der Waals surface area contributed by atoms with Crippen LogP contribution >= 0.6 is 0 Å². The van der Waals surface area contributed by atoms with E-state index in [0.29, 0.717) is 24.7 Å². The molecule has 0 radical (unpaired) electrons. The Bertz CT molecular complexity index is 1040. The average molecular weight is 415 g/mol. The Hall–Kier alpha value is -3.33. The molecule has 1 aromatic heterocycles. The predicted octanol–water partition coefficient (Wildman–Crippen LogP) is 3.87. The molecule has 9 heteroatoms. The van der Waals surface area contributed by atoms with Gasteiger partial charge in [0.25, 0.3) is 10.0 Å². The van der Waals surface area contributed by atoms with E-state index >= 15 is 0 Å². The van der Waals surface area contributed by atoms with E-state index in [1.54, 1.807) is 26.0 Å². The number of rotatable bonds is 9. The summed E-state index contributed by atoms with van der Waals surface area (Å²) in [6, 6.07) is 15.4. The van der Waals surface area contributed by atoms with E-state index in [2.05, 4.69) is 14.7 Å². The number of benzene rings is 2. The second-order valence-electron chi connectivity index (χ2n) is 5.73. The highest BCUT2D eigenvalue weighted by atomic mass is 32.2. The van der Waals surface area contributed by atoms with Gasteiger partial charge in [-0.15, -0.1) is 0 Å². The Morgan fingerprint density at radius 2 is 1.55 bits per heavy atom. The molecule has 0 saturated heterocycles. The second kappa shape index (κ2) is 9.24. The topological polar surface area (TPSA) is 99.6 Å². The summed E-state index contributed by atoms with van der Waals surface area (Å²) in [5.41, 5.74) is 0.125. The van der Waals surface area contributed by atoms with Crippen molar-refractivity contribution in [2.24, 2.45) is 0 Å². The molecule has 1 N–H and O–H groups in total. The maximum atomic E-state index is 12.7. The first-order valence-corrected chi connectivity index (χ1v) is 10.5. The van der Waals surface area contributed by atoms with Gasteiger partial charge < -0.3 is 14.2 Å². The zero-order valence-corrected chi connectivity index (χ0v) is 16.8. The van der Waals surface area contributed by atoms with Crippen LogP contribution in [-0.4, -0.2) is 31.6 Å². The summed E-state index contributed by atoms with van der Waals surface area (Å²) in [7, 11) is -3.88. The third-order valence-corrected chi connectivity index (χ3v) is 5.02. The zero-order valence-electron chi connectivity index (χ0n) is 16.0. The number of nitrogens with zero attached hydrogens (tertiary/aromatic N) is 2. The van der Waals surface area contributed by atoms with Crippen molar-refractivity contribution >= 4 is 15.7 Å². The monoisotopic (exact) mass is 415 g/mol. The van der Waals surface area contributed by atoms with Crippen molar-refractivity contribution in [3.8, 4) is 23.4 Å². The fourth-order valence-corrected chi connectivity index (χ4v) is 3.42. The molecule has 0 aliphatic rings. The number of ether oxygens (including phenoxy) is 3.